The Kier molecular flexibility index (Phi) is 849. The van der Waals surface area contributed by atoms with Gasteiger partial charge in [-0.15, -0.1) is 0 Å². The molecular weight excluding hydrogens is 342 g/mol. The van der Waals surface area contributed by atoms with Gasteiger partial charge < -0.3 is 68.3 Å². The van der Waals surface area contributed by atoms with E-state index in [1.54, 1.807) is 0 Å². The van der Waals surface area contributed by atoms with Crippen molar-refractivity contribution in [2.45, 2.75) is 0 Å². The van der Waals surface area contributed by atoms with E-state index in [9.17, 15) is 0 Å². The molecule has 0 saturated carbocycles. The SMILES string of the molecule is O.[CH3-].[CH3-].[I-].[I-].[Mg+2].[Mg+2]. The summed E-state index contributed by atoms with van der Waals surface area (Å²) in [4.78, 5) is 0. The second-order valence-corrected chi connectivity index (χ2v) is 0. The van der Waals surface area contributed by atoms with Gasteiger partial charge in [-0.1, -0.05) is 0 Å². The molecule has 0 spiro atoms. The van der Waals surface area contributed by atoms with Gasteiger partial charge >= 0.3 is 46.1 Å². The fourth-order valence-electron chi connectivity index (χ4n) is 0. The van der Waals surface area contributed by atoms with Gasteiger partial charge in [-0.2, -0.15) is 0 Å². The van der Waals surface area contributed by atoms with Gasteiger partial charge in [0, 0.05) is 0 Å². The number of halogens is 2. The standard InChI is InChI=1S/2CH3.2HI.2Mg.H2O/h2*1H3;2*1H;;;1H2/q2*-1;;;2*+2;/p-2. The molecule has 0 saturated heterocycles. The molecule has 1 nitrogen and oxygen atoms in total. The van der Waals surface area contributed by atoms with Crippen molar-refractivity contribution in [3.63, 3.8) is 0 Å². The second kappa shape index (κ2) is 64.9. The molecule has 0 aromatic rings. The maximum Gasteiger partial charge on any atom is 2.00 e. The summed E-state index contributed by atoms with van der Waals surface area (Å²) in [5.41, 5.74) is 0. The van der Waals surface area contributed by atoms with Gasteiger partial charge in [0.15, 0.2) is 0 Å². The summed E-state index contributed by atoms with van der Waals surface area (Å²) in [5.74, 6) is 0. The van der Waals surface area contributed by atoms with E-state index in [2.05, 4.69) is 0 Å². The van der Waals surface area contributed by atoms with Crippen LogP contribution in [0.1, 0.15) is 0 Å². The van der Waals surface area contributed by atoms with Gasteiger partial charge in [0.1, 0.15) is 0 Å². The van der Waals surface area contributed by atoms with Gasteiger partial charge in [-0.05, 0) is 0 Å². The fraction of sp³-hybridized carbons (Fsp3) is 0. The van der Waals surface area contributed by atoms with E-state index < -0.39 is 0 Å². The van der Waals surface area contributed by atoms with Crippen molar-refractivity contribution in [1.29, 1.82) is 0 Å². The molecule has 0 fully saturated rings. The summed E-state index contributed by atoms with van der Waals surface area (Å²) in [6.45, 7) is 0. The molecule has 0 aromatic heterocycles. The monoisotopic (exact) mass is 350 g/mol. The van der Waals surface area contributed by atoms with Crippen molar-refractivity contribution in [2.75, 3.05) is 0 Å². The Balaban J connectivity index is 0. The first-order valence-corrected chi connectivity index (χ1v) is 0. The van der Waals surface area contributed by atoms with Crippen LogP contribution in [0.25, 0.3) is 0 Å². The minimum absolute atomic E-state index is 0. The van der Waals surface area contributed by atoms with Crippen LogP contribution >= 0.6 is 0 Å². The average Bonchev–Trinajstić information content (AvgIpc) is 0. The van der Waals surface area contributed by atoms with E-state index >= 15 is 0 Å². The Labute approximate surface area is 112 Å². The van der Waals surface area contributed by atoms with E-state index in [4.69, 9.17) is 0 Å². The van der Waals surface area contributed by atoms with E-state index in [1.807, 2.05) is 0 Å². The summed E-state index contributed by atoms with van der Waals surface area (Å²) < 4.78 is 0. The summed E-state index contributed by atoms with van der Waals surface area (Å²) in [7, 11) is 0. The molecule has 40 valence electrons. The molecule has 0 unspecified atom stereocenters. The molecule has 0 aliphatic rings. The molecule has 0 aliphatic carbocycles. The minimum Gasteiger partial charge on any atom is -1.00 e. The third kappa shape index (κ3) is 49.6. The van der Waals surface area contributed by atoms with Crippen LogP contribution in [0.5, 0.6) is 0 Å². The Bertz CT molecular complexity index is 13.7. The largest absolute Gasteiger partial charge is 2.00 e. The Morgan fingerprint density at radius 1 is 0.571 bits per heavy atom. The van der Waals surface area contributed by atoms with Crippen LogP contribution in [-0.4, -0.2) is 51.6 Å². The van der Waals surface area contributed by atoms with E-state index in [-0.39, 0.29) is 114 Å². The Morgan fingerprint density at radius 2 is 0.571 bits per heavy atom. The molecule has 0 atom stereocenters. The Morgan fingerprint density at radius 3 is 0.571 bits per heavy atom. The molecule has 5 heteroatoms. The number of hydrogen-bond donors (Lipinski definition) is 0. The first-order valence-electron chi connectivity index (χ1n) is 0. The molecule has 0 rings (SSSR count). The van der Waals surface area contributed by atoms with Crippen molar-refractivity contribution >= 4 is 46.1 Å². The molecule has 0 aromatic carbocycles. The maximum absolute atomic E-state index is 0. The zero-order valence-corrected chi connectivity index (χ0v) is 11.8. The first-order chi connectivity index (χ1) is 0. The van der Waals surface area contributed by atoms with Crippen molar-refractivity contribution < 1.29 is 53.4 Å². The van der Waals surface area contributed by atoms with Crippen LogP contribution < -0.4 is 48.0 Å². The zero-order chi connectivity index (χ0) is 0. The van der Waals surface area contributed by atoms with Crippen LogP contribution in [0.3, 0.4) is 0 Å². The number of rotatable bonds is 0. The average molecular weight is 351 g/mol. The van der Waals surface area contributed by atoms with Gasteiger partial charge in [-0.25, -0.2) is 0 Å². The van der Waals surface area contributed by atoms with Gasteiger partial charge in [0.2, 0.25) is 0 Å². The molecule has 0 bridgehead atoms. The Hall–Kier alpha value is 2.95. The minimum atomic E-state index is 0. The molecule has 7 heavy (non-hydrogen) atoms. The second-order valence-electron chi connectivity index (χ2n) is 0. The predicted molar refractivity (Wildman–Crippen MR) is 27.9 cm³/mol. The van der Waals surface area contributed by atoms with Crippen LogP contribution in [0.4, 0.5) is 0 Å². The molecule has 0 amide bonds. The van der Waals surface area contributed by atoms with Crippen LogP contribution in [0.2, 0.25) is 0 Å². The molecular formula is C2H8I2Mg2O. The third-order valence-electron chi connectivity index (χ3n) is 0. The molecule has 0 radical (unpaired) electrons. The van der Waals surface area contributed by atoms with Crippen molar-refractivity contribution in [3.05, 3.63) is 14.9 Å². The summed E-state index contributed by atoms with van der Waals surface area (Å²) in [6, 6.07) is 0. The molecule has 0 aliphatic heterocycles. The van der Waals surface area contributed by atoms with Gasteiger partial charge in [0.25, 0.3) is 0 Å². The van der Waals surface area contributed by atoms with E-state index in [1.165, 1.54) is 0 Å². The van der Waals surface area contributed by atoms with Crippen LogP contribution in [0.15, 0.2) is 0 Å². The van der Waals surface area contributed by atoms with Crippen molar-refractivity contribution in [2.24, 2.45) is 0 Å². The molecule has 2 N–H and O–H groups in total. The van der Waals surface area contributed by atoms with E-state index in [0.29, 0.717) is 0 Å². The molecule has 0 heterocycles. The van der Waals surface area contributed by atoms with Crippen LogP contribution in [0, 0.1) is 14.9 Å². The maximum atomic E-state index is 0. The first kappa shape index (κ1) is 91.5. The number of hydrogen-bond acceptors (Lipinski definition) is 0. The third-order valence-corrected chi connectivity index (χ3v) is 0. The van der Waals surface area contributed by atoms with Crippen LogP contribution in [-0.2, 0) is 0 Å². The van der Waals surface area contributed by atoms with E-state index in [0.717, 1.165) is 0 Å². The topological polar surface area (TPSA) is 31.5 Å². The summed E-state index contributed by atoms with van der Waals surface area (Å²) >= 11 is 0. The summed E-state index contributed by atoms with van der Waals surface area (Å²) in [5, 5.41) is 0. The van der Waals surface area contributed by atoms with Gasteiger partial charge in [-0.3, -0.25) is 0 Å². The quantitative estimate of drug-likeness (QED) is 0.236. The van der Waals surface area contributed by atoms with Gasteiger partial charge in [0.05, 0.1) is 0 Å². The fourth-order valence-corrected chi connectivity index (χ4v) is 0. The predicted octanol–water partition coefficient (Wildman–Crippen LogP) is -6.68. The normalized spacial score (nSPS) is 0. The van der Waals surface area contributed by atoms with Crippen molar-refractivity contribution in [3.8, 4) is 0 Å². The smallest absolute Gasteiger partial charge is 1.00 e. The zero-order valence-electron chi connectivity index (χ0n) is 4.67. The van der Waals surface area contributed by atoms with Crippen molar-refractivity contribution in [1.82, 2.24) is 0 Å². The summed E-state index contributed by atoms with van der Waals surface area (Å²) in [6.07, 6.45) is 0.